The number of rotatable bonds is 4. The second-order valence-electron chi connectivity index (χ2n) is 4.17. The molecule has 0 aliphatic heterocycles. The zero-order chi connectivity index (χ0) is 14.0. The van der Waals surface area contributed by atoms with E-state index in [1.54, 1.807) is 0 Å². The zero-order valence-corrected chi connectivity index (χ0v) is 12.5. The quantitative estimate of drug-likeness (QED) is 0.739. The first-order valence-corrected chi connectivity index (χ1v) is 6.84. The van der Waals surface area contributed by atoms with E-state index in [2.05, 4.69) is 31.2 Å². The Hall–Kier alpha value is -0.950. The Morgan fingerprint density at radius 1 is 1.32 bits per heavy atom. The Balaban J connectivity index is 2.59. The molecule has 0 amide bonds. The number of fused-ring (bicyclic) bond motifs is 1. The van der Waals surface area contributed by atoms with Gasteiger partial charge >= 0.3 is 0 Å². The zero-order valence-electron chi connectivity index (χ0n) is 10.2. The summed E-state index contributed by atoms with van der Waals surface area (Å²) in [4.78, 5) is 8.32. The highest BCUT2D eigenvalue weighted by atomic mass is 79.9. The standard InChI is InChI=1S/C12H13BrClN3O2/c1-6-2-7(13)3-9-10(6)16-12(14)17-11(9)15-8(4-18)5-19/h2-3,8,18-19H,4-5H2,1H3,(H,15,16,17). The lowest BCUT2D eigenvalue weighted by molar-refractivity contribution is 0.203. The molecule has 0 aliphatic rings. The summed E-state index contributed by atoms with van der Waals surface area (Å²) in [5.41, 5.74) is 1.70. The van der Waals surface area contributed by atoms with E-state index in [-0.39, 0.29) is 18.5 Å². The average Bonchev–Trinajstić information content (AvgIpc) is 2.37. The van der Waals surface area contributed by atoms with Crippen molar-refractivity contribution in [1.29, 1.82) is 0 Å². The van der Waals surface area contributed by atoms with E-state index in [0.29, 0.717) is 5.82 Å². The molecule has 2 aromatic rings. The normalized spacial score (nSPS) is 11.3. The fourth-order valence-electron chi connectivity index (χ4n) is 1.79. The third-order valence-electron chi connectivity index (χ3n) is 2.71. The van der Waals surface area contributed by atoms with Gasteiger partial charge in [0.2, 0.25) is 5.28 Å². The van der Waals surface area contributed by atoms with Gasteiger partial charge in [0.1, 0.15) is 5.82 Å². The van der Waals surface area contributed by atoms with Crippen molar-refractivity contribution < 1.29 is 10.2 Å². The SMILES string of the molecule is Cc1cc(Br)cc2c(NC(CO)CO)nc(Cl)nc12. The van der Waals surface area contributed by atoms with Crippen LogP contribution in [0.15, 0.2) is 16.6 Å². The van der Waals surface area contributed by atoms with E-state index < -0.39 is 6.04 Å². The van der Waals surface area contributed by atoms with Crippen LogP contribution in [0.5, 0.6) is 0 Å². The van der Waals surface area contributed by atoms with Gasteiger partial charge in [-0.05, 0) is 36.2 Å². The lowest BCUT2D eigenvalue weighted by atomic mass is 10.1. The molecule has 2 rings (SSSR count). The molecule has 1 aromatic carbocycles. The van der Waals surface area contributed by atoms with Crippen LogP contribution in [0.25, 0.3) is 10.9 Å². The summed E-state index contributed by atoms with van der Waals surface area (Å²) in [6.45, 7) is 1.52. The molecule has 5 nitrogen and oxygen atoms in total. The van der Waals surface area contributed by atoms with Gasteiger partial charge in [0, 0.05) is 9.86 Å². The second kappa shape index (κ2) is 6.00. The predicted octanol–water partition coefficient (Wildman–Crippen LogP) is 2.12. The van der Waals surface area contributed by atoms with Crippen LogP contribution in [-0.4, -0.2) is 39.4 Å². The Morgan fingerprint density at radius 3 is 2.63 bits per heavy atom. The molecule has 0 saturated heterocycles. The minimum Gasteiger partial charge on any atom is -0.394 e. The summed E-state index contributed by atoms with van der Waals surface area (Å²) >= 11 is 9.33. The van der Waals surface area contributed by atoms with Gasteiger partial charge < -0.3 is 15.5 Å². The third-order valence-corrected chi connectivity index (χ3v) is 3.34. The highest BCUT2D eigenvalue weighted by Crippen LogP contribution is 2.28. The molecule has 0 radical (unpaired) electrons. The van der Waals surface area contributed by atoms with Crippen molar-refractivity contribution in [2.45, 2.75) is 13.0 Å². The van der Waals surface area contributed by atoms with Crippen molar-refractivity contribution in [3.8, 4) is 0 Å². The van der Waals surface area contributed by atoms with Crippen molar-refractivity contribution in [3.63, 3.8) is 0 Å². The molecule has 102 valence electrons. The number of benzene rings is 1. The highest BCUT2D eigenvalue weighted by molar-refractivity contribution is 9.10. The molecule has 0 aliphatic carbocycles. The lowest BCUT2D eigenvalue weighted by Crippen LogP contribution is -2.28. The molecule has 1 heterocycles. The lowest BCUT2D eigenvalue weighted by Gasteiger charge is -2.16. The molecule has 0 bridgehead atoms. The fourth-order valence-corrected chi connectivity index (χ4v) is 2.53. The number of aryl methyl sites for hydroxylation is 1. The van der Waals surface area contributed by atoms with E-state index >= 15 is 0 Å². The first-order chi connectivity index (χ1) is 9.05. The van der Waals surface area contributed by atoms with Crippen LogP contribution in [0.4, 0.5) is 5.82 Å². The van der Waals surface area contributed by atoms with Gasteiger partial charge in [-0.2, -0.15) is 0 Å². The summed E-state index contributed by atoms with van der Waals surface area (Å²) in [5.74, 6) is 0.493. The van der Waals surface area contributed by atoms with Crippen LogP contribution in [0, 0.1) is 6.92 Å². The van der Waals surface area contributed by atoms with E-state index in [4.69, 9.17) is 21.8 Å². The van der Waals surface area contributed by atoms with Crippen LogP contribution in [0.3, 0.4) is 0 Å². The molecule has 19 heavy (non-hydrogen) atoms. The van der Waals surface area contributed by atoms with Gasteiger partial charge in [-0.3, -0.25) is 0 Å². The van der Waals surface area contributed by atoms with Crippen molar-refractivity contribution in [2.24, 2.45) is 0 Å². The molecule has 0 unspecified atom stereocenters. The molecular formula is C12H13BrClN3O2. The van der Waals surface area contributed by atoms with Crippen LogP contribution in [0.2, 0.25) is 5.28 Å². The molecule has 0 atom stereocenters. The molecule has 7 heteroatoms. The van der Waals surface area contributed by atoms with Crippen molar-refractivity contribution >= 4 is 44.3 Å². The highest BCUT2D eigenvalue weighted by Gasteiger charge is 2.13. The summed E-state index contributed by atoms with van der Waals surface area (Å²) in [7, 11) is 0. The average molecular weight is 347 g/mol. The van der Waals surface area contributed by atoms with Crippen LogP contribution >= 0.6 is 27.5 Å². The van der Waals surface area contributed by atoms with Crippen LogP contribution in [-0.2, 0) is 0 Å². The van der Waals surface area contributed by atoms with E-state index in [9.17, 15) is 0 Å². The summed E-state index contributed by atoms with van der Waals surface area (Å²) in [6.07, 6.45) is 0. The van der Waals surface area contributed by atoms with Gasteiger partial charge in [-0.15, -0.1) is 0 Å². The van der Waals surface area contributed by atoms with Gasteiger partial charge in [0.15, 0.2) is 0 Å². The predicted molar refractivity (Wildman–Crippen MR) is 78.6 cm³/mol. The number of anilines is 1. The largest absolute Gasteiger partial charge is 0.394 e. The maximum Gasteiger partial charge on any atom is 0.224 e. The summed E-state index contributed by atoms with van der Waals surface area (Å²) in [6, 6.07) is 3.31. The van der Waals surface area contributed by atoms with Gasteiger partial charge in [0.25, 0.3) is 0 Å². The number of nitrogens with one attached hydrogen (secondary N) is 1. The molecule has 3 N–H and O–H groups in total. The molecule has 0 saturated carbocycles. The minimum absolute atomic E-state index is 0.120. The second-order valence-corrected chi connectivity index (χ2v) is 5.42. The topological polar surface area (TPSA) is 78.3 Å². The van der Waals surface area contributed by atoms with Crippen LogP contribution < -0.4 is 5.32 Å². The Bertz CT molecular complexity index is 605. The van der Waals surface area contributed by atoms with Gasteiger partial charge in [-0.1, -0.05) is 15.9 Å². The van der Waals surface area contributed by atoms with Gasteiger partial charge in [0.05, 0.1) is 24.8 Å². The number of nitrogens with zero attached hydrogens (tertiary/aromatic N) is 2. The van der Waals surface area contributed by atoms with E-state index in [1.807, 2.05) is 19.1 Å². The number of hydrogen-bond donors (Lipinski definition) is 3. The first-order valence-electron chi connectivity index (χ1n) is 5.66. The Labute approximate surface area is 123 Å². The monoisotopic (exact) mass is 345 g/mol. The number of aliphatic hydroxyl groups is 2. The molecular weight excluding hydrogens is 334 g/mol. The van der Waals surface area contributed by atoms with Crippen molar-refractivity contribution in [1.82, 2.24) is 9.97 Å². The first kappa shape index (κ1) is 14.5. The van der Waals surface area contributed by atoms with Crippen molar-refractivity contribution in [3.05, 3.63) is 27.5 Å². The van der Waals surface area contributed by atoms with E-state index in [1.165, 1.54) is 0 Å². The summed E-state index contributed by atoms with van der Waals surface area (Å²) in [5, 5.41) is 22.1. The number of halogens is 2. The van der Waals surface area contributed by atoms with E-state index in [0.717, 1.165) is 20.9 Å². The minimum atomic E-state index is -0.492. The number of hydrogen-bond acceptors (Lipinski definition) is 5. The molecule has 0 fully saturated rings. The maximum atomic E-state index is 9.13. The number of aliphatic hydroxyl groups excluding tert-OH is 2. The number of aromatic nitrogens is 2. The Kier molecular flexibility index (Phi) is 4.57. The van der Waals surface area contributed by atoms with Gasteiger partial charge in [-0.25, -0.2) is 9.97 Å². The third kappa shape index (κ3) is 3.14. The van der Waals surface area contributed by atoms with Crippen LogP contribution in [0.1, 0.15) is 5.56 Å². The Morgan fingerprint density at radius 2 is 2.00 bits per heavy atom. The fraction of sp³-hybridized carbons (Fsp3) is 0.333. The smallest absolute Gasteiger partial charge is 0.224 e. The maximum absolute atomic E-state index is 9.13. The van der Waals surface area contributed by atoms with Crippen molar-refractivity contribution in [2.75, 3.05) is 18.5 Å². The molecule has 0 spiro atoms. The summed E-state index contributed by atoms with van der Waals surface area (Å²) < 4.78 is 0.899. The molecule has 1 aromatic heterocycles.